The fourth-order valence-corrected chi connectivity index (χ4v) is 3.65. The van der Waals surface area contributed by atoms with Gasteiger partial charge in [-0.25, -0.2) is 9.78 Å². The zero-order chi connectivity index (χ0) is 26.7. The van der Waals surface area contributed by atoms with Gasteiger partial charge in [0.2, 0.25) is 5.91 Å². The number of unbranched alkanes of at least 4 members (excludes halogenated alkanes) is 11. The van der Waals surface area contributed by atoms with Gasteiger partial charge < -0.3 is 15.2 Å². The standard InChI is InChI=1S/C29H49N3O4/c1-5-6-7-8-9-10-11-12-13-14-15-16-17-20-25(33)24(31-27(34)29(2,3)4)23-36-28(35)32-26-21-18-19-22-30-26/h17-22,24-25,33H,5-16,23H2,1-4H3,(H,31,34)(H,30,32,35)/b20-17+/t24-,25+/m0/s1. The monoisotopic (exact) mass is 503 g/mol. The second kappa shape index (κ2) is 18.8. The first-order valence-corrected chi connectivity index (χ1v) is 13.7. The molecule has 0 fully saturated rings. The molecule has 2 atom stereocenters. The largest absolute Gasteiger partial charge is 0.447 e. The third-order valence-corrected chi connectivity index (χ3v) is 6.01. The summed E-state index contributed by atoms with van der Waals surface area (Å²) in [7, 11) is 0. The Morgan fingerprint density at radius 2 is 1.61 bits per heavy atom. The normalized spacial score (nSPS) is 13.4. The number of ether oxygens (including phenoxy) is 1. The van der Waals surface area contributed by atoms with Gasteiger partial charge in [-0.3, -0.25) is 10.1 Å². The van der Waals surface area contributed by atoms with Crippen LogP contribution >= 0.6 is 0 Å². The predicted octanol–water partition coefficient (Wildman–Crippen LogP) is 6.78. The molecule has 0 saturated heterocycles. The minimum Gasteiger partial charge on any atom is -0.447 e. The lowest BCUT2D eigenvalue weighted by Crippen LogP contribution is -2.49. The molecule has 36 heavy (non-hydrogen) atoms. The average Bonchev–Trinajstić information content (AvgIpc) is 2.84. The van der Waals surface area contributed by atoms with Crippen LogP contribution < -0.4 is 10.6 Å². The van der Waals surface area contributed by atoms with E-state index in [0.29, 0.717) is 5.82 Å². The maximum Gasteiger partial charge on any atom is 0.412 e. The summed E-state index contributed by atoms with van der Waals surface area (Å²) in [4.78, 5) is 28.6. The van der Waals surface area contributed by atoms with Gasteiger partial charge >= 0.3 is 6.09 Å². The molecule has 0 aliphatic carbocycles. The predicted molar refractivity (Wildman–Crippen MR) is 147 cm³/mol. The topological polar surface area (TPSA) is 101 Å². The Bertz CT molecular complexity index is 747. The summed E-state index contributed by atoms with van der Waals surface area (Å²) >= 11 is 0. The van der Waals surface area contributed by atoms with Crippen LogP contribution in [0.15, 0.2) is 36.5 Å². The number of hydrogen-bond donors (Lipinski definition) is 3. The van der Waals surface area contributed by atoms with E-state index in [4.69, 9.17) is 4.74 Å². The third-order valence-electron chi connectivity index (χ3n) is 6.01. The summed E-state index contributed by atoms with van der Waals surface area (Å²) in [6.07, 6.45) is 18.6. The fraction of sp³-hybridized carbons (Fsp3) is 0.690. The summed E-state index contributed by atoms with van der Waals surface area (Å²) in [5, 5.41) is 16.0. The van der Waals surface area contributed by atoms with Gasteiger partial charge in [0.1, 0.15) is 12.4 Å². The molecule has 0 aliphatic rings. The Morgan fingerprint density at radius 3 is 2.17 bits per heavy atom. The molecular formula is C29H49N3O4. The molecule has 7 nitrogen and oxygen atoms in total. The lowest BCUT2D eigenvalue weighted by Gasteiger charge is -2.26. The number of aromatic nitrogens is 1. The van der Waals surface area contributed by atoms with Crippen LogP contribution in [0.25, 0.3) is 0 Å². The Kier molecular flexibility index (Phi) is 16.5. The van der Waals surface area contributed by atoms with Crippen molar-refractivity contribution in [1.29, 1.82) is 0 Å². The van der Waals surface area contributed by atoms with E-state index in [2.05, 4.69) is 22.5 Å². The van der Waals surface area contributed by atoms with E-state index in [1.54, 1.807) is 51.2 Å². The number of amides is 2. The second-order valence-corrected chi connectivity index (χ2v) is 10.5. The van der Waals surface area contributed by atoms with Gasteiger partial charge in [0.05, 0.1) is 12.1 Å². The number of carbonyl (C=O) groups is 2. The van der Waals surface area contributed by atoms with Crippen molar-refractivity contribution in [1.82, 2.24) is 10.3 Å². The van der Waals surface area contributed by atoms with Gasteiger partial charge in [-0.15, -0.1) is 0 Å². The van der Waals surface area contributed by atoms with Crippen molar-refractivity contribution in [3.8, 4) is 0 Å². The first-order valence-electron chi connectivity index (χ1n) is 13.7. The number of nitrogens with zero attached hydrogens (tertiary/aromatic N) is 1. The van der Waals surface area contributed by atoms with Crippen molar-refractivity contribution in [2.75, 3.05) is 11.9 Å². The molecule has 1 heterocycles. The van der Waals surface area contributed by atoms with Crippen LogP contribution in [0.5, 0.6) is 0 Å². The van der Waals surface area contributed by atoms with Gasteiger partial charge in [0.15, 0.2) is 0 Å². The van der Waals surface area contributed by atoms with Crippen LogP contribution in [-0.2, 0) is 9.53 Å². The molecule has 0 spiro atoms. The molecule has 0 unspecified atom stereocenters. The molecular weight excluding hydrogens is 454 g/mol. The number of anilines is 1. The van der Waals surface area contributed by atoms with Crippen LogP contribution in [-0.4, -0.2) is 40.8 Å². The highest BCUT2D eigenvalue weighted by atomic mass is 16.5. The number of aliphatic hydroxyl groups excluding tert-OH is 1. The van der Waals surface area contributed by atoms with Crippen molar-refractivity contribution in [2.24, 2.45) is 5.41 Å². The van der Waals surface area contributed by atoms with Gasteiger partial charge in [-0.2, -0.15) is 0 Å². The highest BCUT2D eigenvalue weighted by molar-refractivity contribution is 5.83. The Balaban J connectivity index is 2.37. The summed E-state index contributed by atoms with van der Waals surface area (Å²) < 4.78 is 5.26. The molecule has 3 N–H and O–H groups in total. The summed E-state index contributed by atoms with van der Waals surface area (Å²) in [6, 6.07) is 4.39. The van der Waals surface area contributed by atoms with E-state index in [0.717, 1.165) is 12.8 Å². The van der Waals surface area contributed by atoms with Crippen molar-refractivity contribution < 1.29 is 19.4 Å². The minimum absolute atomic E-state index is 0.162. The maximum atomic E-state index is 12.5. The van der Waals surface area contributed by atoms with E-state index < -0.39 is 23.7 Å². The average molecular weight is 504 g/mol. The number of hydrogen-bond acceptors (Lipinski definition) is 5. The number of pyridine rings is 1. The smallest absolute Gasteiger partial charge is 0.412 e. The van der Waals surface area contributed by atoms with E-state index in [1.165, 1.54) is 64.2 Å². The van der Waals surface area contributed by atoms with Crippen molar-refractivity contribution >= 4 is 17.8 Å². The lowest BCUT2D eigenvalue weighted by atomic mass is 9.95. The lowest BCUT2D eigenvalue weighted by molar-refractivity contribution is -0.130. The maximum absolute atomic E-state index is 12.5. The van der Waals surface area contributed by atoms with Gasteiger partial charge in [0, 0.05) is 11.6 Å². The van der Waals surface area contributed by atoms with Crippen molar-refractivity contribution in [3.05, 3.63) is 36.5 Å². The molecule has 0 saturated carbocycles. The number of nitrogens with one attached hydrogen (secondary N) is 2. The SMILES string of the molecule is CCCCCCCCCCCCC/C=C/[C@@H](O)[C@H](COC(=O)Nc1ccccn1)NC(=O)C(C)(C)C. The Hall–Kier alpha value is -2.41. The number of carbonyl (C=O) groups excluding carboxylic acids is 2. The number of aliphatic hydroxyl groups is 1. The zero-order valence-corrected chi connectivity index (χ0v) is 22.9. The van der Waals surface area contributed by atoms with Gasteiger partial charge in [-0.05, 0) is 25.0 Å². The highest BCUT2D eigenvalue weighted by Crippen LogP contribution is 2.15. The molecule has 0 aliphatic heterocycles. The van der Waals surface area contributed by atoms with Crippen molar-refractivity contribution in [2.45, 2.75) is 117 Å². The van der Waals surface area contributed by atoms with E-state index in [-0.39, 0.29) is 12.5 Å². The molecule has 204 valence electrons. The Labute approximate surface area is 218 Å². The molecule has 1 rings (SSSR count). The quantitative estimate of drug-likeness (QED) is 0.151. The molecule has 7 heteroatoms. The fourth-order valence-electron chi connectivity index (χ4n) is 3.65. The molecule has 0 aromatic carbocycles. The molecule has 0 radical (unpaired) electrons. The number of rotatable bonds is 18. The minimum atomic E-state index is -0.966. The van der Waals surface area contributed by atoms with Crippen LogP contribution in [0.3, 0.4) is 0 Å². The molecule has 0 bridgehead atoms. The second-order valence-electron chi connectivity index (χ2n) is 10.5. The highest BCUT2D eigenvalue weighted by Gasteiger charge is 2.27. The molecule has 1 aromatic heterocycles. The third kappa shape index (κ3) is 15.6. The van der Waals surface area contributed by atoms with Gasteiger partial charge in [0.25, 0.3) is 0 Å². The van der Waals surface area contributed by atoms with Crippen LogP contribution in [0, 0.1) is 5.41 Å². The van der Waals surface area contributed by atoms with E-state index >= 15 is 0 Å². The summed E-state index contributed by atoms with van der Waals surface area (Å²) in [6.45, 7) is 7.47. The zero-order valence-electron chi connectivity index (χ0n) is 22.9. The number of allylic oxidation sites excluding steroid dienone is 1. The van der Waals surface area contributed by atoms with E-state index in [1.807, 2.05) is 6.08 Å². The van der Waals surface area contributed by atoms with Crippen LogP contribution in [0.1, 0.15) is 105 Å². The molecule has 2 amide bonds. The first kappa shape index (κ1) is 31.6. The summed E-state index contributed by atoms with van der Waals surface area (Å²) in [5.41, 5.74) is -0.632. The van der Waals surface area contributed by atoms with Crippen LogP contribution in [0.2, 0.25) is 0 Å². The molecule has 1 aromatic rings. The Morgan fingerprint density at radius 1 is 1.00 bits per heavy atom. The van der Waals surface area contributed by atoms with E-state index in [9.17, 15) is 14.7 Å². The summed E-state index contributed by atoms with van der Waals surface area (Å²) in [5.74, 6) is 0.143. The van der Waals surface area contributed by atoms with Gasteiger partial charge in [-0.1, -0.05) is 110 Å². The van der Waals surface area contributed by atoms with Crippen LogP contribution in [0.4, 0.5) is 10.6 Å². The van der Waals surface area contributed by atoms with Crippen molar-refractivity contribution in [3.63, 3.8) is 0 Å². The first-order chi connectivity index (χ1) is 17.2.